The zero-order valence-electron chi connectivity index (χ0n) is 13.7. The van der Waals surface area contributed by atoms with E-state index < -0.39 is 15.0 Å². The molecule has 126 valence electrons. The summed E-state index contributed by atoms with van der Waals surface area (Å²) in [5.41, 5.74) is 0. The van der Waals surface area contributed by atoms with E-state index in [-0.39, 0.29) is 31.6 Å². The zero-order valence-corrected chi connectivity index (χ0v) is 15.5. The van der Waals surface area contributed by atoms with Gasteiger partial charge in [-0.15, -0.1) is 0 Å². The van der Waals surface area contributed by atoms with Gasteiger partial charge in [-0.3, -0.25) is 9.13 Å². The average Bonchev–Trinajstić information content (AvgIpc) is 2.46. The fraction of sp³-hybridized carbons (Fsp3) is 0.600. The highest BCUT2D eigenvalue weighted by Gasteiger charge is 2.33. The molecule has 0 heterocycles. The number of hydrogen-bond acceptors (Lipinski definition) is 5. The quantitative estimate of drug-likeness (QED) is 0.591. The predicted octanol–water partition coefficient (Wildman–Crippen LogP) is 4.28. The molecular weight excluding hydrogens is 322 g/mol. The molecule has 1 unspecified atom stereocenters. The lowest BCUT2D eigenvalue weighted by Crippen LogP contribution is -2.16. The van der Waals surface area contributed by atoms with Crippen molar-refractivity contribution in [2.24, 2.45) is 0 Å². The van der Waals surface area contributed by atoms with Crippen LogP contribution in [0.4, 0.5) is 0 Å². The van der Waals surface area contributed by atoms with Crippen molar-refractivity contribution in [1.29, 1.82) is 0 Å². The monoisotopic (exact) mass is 348 g/mol. The smallest absolute Gasteiger partial charge is 0.322 e. The average molecular weight is 348 g/mol. The summed E-state index contributed by atoms with van der Waals surface area (Å²) < 4.78 is 42.0. The van der Waals surface area contributed by atoms with Crippen LogP contribution in [-0.4, -0.2) is 31.6 Å². The third-order valence-corrected chi connectivity index (χ3v) is 7.94. The van der Waals surface area contributed by atoms with E-state index in [1.54, 1.807) is 26.0 Å². The molecule has 1 aromatic rings. The summed E-state index contributed by atoms with van der Waals surface area (Å²) in [7, 11) is -6.34. The minimum absolute atomic E-state index is 0.0770. The maximum absolute atomic E-state index is 13.2. The third-order valence-electron chi connectivity index (χ3n) is 2.85. The van der Waals surface area contributed by atoms with Gasteiger partial charge in [0.1, 0.15) is 0 Å². The Kier molecular flexibility index (Phi) is 8.02. The largest absolute Gasteiger partial charge is 0.331 e. The van der Waals surface area contributed by atoms with Gasteiger partial charge in [0.05, 0.1) is 25.5 Å². The molecule has 0 amide bonds. The molecule has 7 heteroatoms. The highest BCUT2D eigenvalue weighted by molar-refractivity contribution is 7.68. The second-order valence-electron chi connectivity index (χ2n) is 5.06. The van der Waals surface area contributed by atoms with Gasteiger partial charge >= 0.3 is 7.60 Å². The number of rotatable bonds is 10. The van der Waals surface area contributed by atoms with Crippen LogP contribution in [0.1, 0.15) is 27.7 Å². The van der Waals surface area contributed by atoms with Gasteiger partial charge in [-0.25, -0.2) is 0 Å². The van der Waals surface area contributed by atoms with Gasteiger partial charge in [-0.05, 0) is 39.8 Å². The van der Waals surface area contributed by atoms with Crippen LogP contribution in [-0.2, 0) is 22.7 Å². The molecule has 1 rings (SSSR count). The Bertz CT molecular complexity index is 520. The van der Waals surface area contributed by atoms with Crippen LogP contribution in [0.2, 0.25) is 0 Å². The van der Waals surface area contributed by atoms with Crippen molar-refractivity contribution in [2.75, 3.05) is 25.5 Å². The predicted molar refractivity (Wildman–Crippen MR) is 90.5 cm³/mol. The highest BCUT2D eigenvalue weighted by atomic mass is 31.2. The zero-order chi connectivity index (χ0) is 16.6. The molecule has 0 N–H and O–H groups in total. The normalized spacial score (nSPS) is 15.0. The summed E-state index contributed by atoms with van der Waals surface area (Å²) in [5, 5.41) is 0.628. The first-order chi connectivity index (χ1) is 10.4. The number of hydrogen-bond donors (Lipinski definition) is 0. The lowest BCUT2D eigenvalue weighted by Gasteiger charge is -2.23. The Balaban J connectivity index is 2.95. The maximum atomic E-state index is 13.2. The molecule has 0 aromatic heterocycles. The molecule has 0 saturated heterocycles. The minimum atomic E-state index is -3.23. The Morgan fingerprint density at radius 3 is 1.95 bits per heavy atom. The lowest BCUT2D eigenvalue weighted by atomic mass is 10.4. The van der Waals surface area contributed by atoms with Crippen LogP contribution in [0.5, 0.6) is 0 Å². The Morgan fingerprint density at radius 2 is 1.50 bits per heavy atom. The van der Waals surface area contributed by atoms with E-state index in [1.807, 2.05) is 32.0 Å². The number of benzene rings is 1. The first kappa shape index (κ1) is 19.6. The second kappa shape index (κ2) is 9.00. The maximum Gasteiger partial charge on any atom is 0.331 e. The van der Waals surface area contributed by atoms with Crippen LogP contribution >= 0.6 is 15.0 Å². The highest BCUT2D eigenvalue weighted by Crippen LogP contribution is 2.54. The summed E-state index contributed by atoms with van der Waals surface area (Å²) in [6.45, 7) is 7.76. The Hall–Kier alpha value is -0.440. The van der Waals surface area contributed by atoms with Crippen molar-refractivity contribution in [2.45, 2.75) is 33.8 Å². The third kappa shape index (κ3) is 5.98. The van der Waals surface area contributed by atoms with Crippen molar-refractivity contribution < 1.29 is 22.7 Å². The summed E-state index contributed by atoms with van der Waals surface area (Å²) in [5.74, 6) is 0. The van der Waals surface area contributed by atoms with Gasteiger partial charge in [-0.2, -0.15) is 0 Å². The molecule has 0 spiro atoms. The summed E-state index contributed by atoms with van der Waals surface area (Å²) in [6, 6.07) is 9.03. The molecule has 0 aliphatic heterocycles. The molecule has 0 aliphatic rings. The lowest BCUT2D eigenvalue weighted by molar-refractivity contribution is 0.219. The molecule has 0 saturated carbocycles. The summed E-state index contributed by atoms with van der Waals surface area (Å²) in [4.78, 5) is 0. The van der Waals surface area contributed by atoms with Gasteiger partial charge in [0, 0.05) is 11.5 Å². The Morgan fingerprint density at radius 1 is 0.955 bits per heavy atom. The van der Waals surface area contributed by atoms with E-state index in [0.29, 0.717) is 5.30 Å². The van der Waals surface area contributed by atoms with Crippen molar-refractivity contribution in [3.05, 3.63) is 30.3 Å². The van der Waals surface area contributed by atoms with Crippen LogP contribution < -0.4 is 5.30 Å². The molecular formula is C15H26O5P2. The second-order valence-corrected chi connectivity index (χ2v) is 9.76. The first-order valence-corrected chi connectivity index (χ1v) is 11.1. The first-order valence-electron chi connectivity index (χ1n) is 7.56. The molecule has 22 heavy (non-hydrogen) atoms. The van der Waals surface area contributed by atoms with Crippen LogP contribution in [0.3, 0.4) is 0 Å². The van der Waals surface area contributed by atoms with Crippen LogP contribution in [0, 0.1) is 0 Å². The molecule has 0 radical (unpaired) electrons. The molecule has 0 fully saturated rings. The van der Waals surface area contributed by atoms with E-state index in [2.05, 4.69) is 0 Å². The topological polar surface area (TPSA) is 61.8 Å². The molecule has 5 nitrogen and oxygen atoms in total. The fourth-order valence-corrected chi connectivity index (χ4v) is 7.00. The summed E-state index contributed by atoms with van der Waals surface area (Å²) >= 11 is 0. The Labute approximate surface area is 133 Å². The van der Waals surface area contributed by atoms with E-state index >= 15 is 0 Å². The van der Waals surface area contributed by atoms with Crippen molar-refractivity contribution >= 4 is 20.3 Å². The summed E-state index contributed by atoms with van der Waals surface area (Å²) in [6.07, 6.45) is 0.0182. The van der Waals surface area contributed by atoms with Gasteiger partial charge in [-0.1, -0.05) is 18.2 Å². The van der Waals surface area contributed by atoms with Crippen molar-refractivity contribution in [3.8, 4) is 0 Å². The van der Waals surface area contributed by atoms with Gasteiger partial charge < -0.3 is 13.6 Å². The van der Waals surface area contributed by atoms with Crippen LogP contribution in [0.25, 0.3) is 0 Å². The van der Waals surface area contributed by atoms with E-state index in [4.69, 9.17) is 13.6 Å². The molecule has 0 aliphatic carbocycles. The molecule has 0 bridgehead atoms. The minimum Gasteiger partial charge on any atom is -0.322 e. The van der Waals surface area contributed by atoms with E-state index in [9.17, 15) is 9.13 Å². The van der Waals surface area contributed by atoms with Crippen molar-refractivity contribution in [1.82, 2.24) is 0 Å². The van der Waals surface area contributed by atoms with E-state index in [0.717, 1.165) is 0 Å². The van der Waals surface area contributed by atoms with Gasteiger partial charge in [0.2, 0.25) is 7.37 Å². The standard InChI is InChI=1S/C15H26O5P2/c1-5-18-22(17,19-6-2)13-12-21(16,20-14(3)4)15-10-8-7-9-11-15/h7-11,14H,5-6,12-13H2,1-4H3. The van der Waals surface area contributed by atoms with Crippen LogP contribution in [0.15, 0.2) is 30.3 Å². The van der Waals surface area contributed by atoms with Crippen molar-refractivity contribution in [3.63, 3.8) is 0 Å². The fourth-order valence-electron chi connectivity index (χ4n) is 2.05. The van der Waals surface area contributed by atoms with Gasteiger partial charge in [0.15, 0.2) is 0 Å². The SMILES string of the molecule is CCOP(=O)(CCP(=O)(OC(C)C)c1ccccc1)OCC. The molecule has 1 aromatic carbocycles. The van der Waals surface area contributed by atoms with Gasteiger partial charge in [0.25, 0.3) is 0 Å². The van der Waals surface area contributed by atoms with E-state index in [1.165, 1.54) is 0 Å². The molecule has 1 atom stereocenters.